The number of para-hydroxylation sites is 1. The van der Waals surface area contributed by atoms with Gasteiger partial charge in [0, 0.05) is 12.5 Å². The minimum Gasteiger partial charge on any atom is -0.258 e. The van der Waals surface area contributed by atoms with Crippen molar-refractivity contribution in [2.75, 3.05) is 0 Å². The van der Waals surface area contributed by atoms with Crippen molar-refractivity contribution < 1.29 is 4.92 Å². The van der Waals surface area contributed by atoms with E-state index >= 15 is 0 Å². The summed E-state index contributed by atoms with van der Waals surface area (Å²) in [6.07, 6.45) is 2.35. The fourth-order valence-corrected chi connectivity index (χ4v) is 2.25. The number of nitro groups is 1. The van der Waals surface area contributed by atoms with Crippen molar-refractivity contribution in [2.24, 2.45) is 0 Å². The van der Waals surface area contributed by atoms with E-state index in [1.54, 1.807) is 24.3 Å². The SMILES string of the molecule is C=CCc1nnc(-c2ccccc2[N+](=O)[O-])s1. The minimum absolute atomic E-state index is 0.0498. The maximum absolute atomic E-state index is 10.9. The standard InChI is InChI=1S/C11H9N3O2S/c1-2-5-10-12-13-11(17-10)8-6-3-4-7-9(8)14(15)16/h2-4,6-7H,1,5H2. The van der Waals surface area contributed by atoms with Crippen LogP contribution in [0.25, 0.3) is 10.6 Å². The lowest BCUT2D eigenvalue weighted by molar-refractivity contribution is -0.384. The van der Waals surface area contributed by atoms with E-state index in [-0.39, 0.29) is 5.69 Å². The zero-order valence-electron chi connectivity index (χ0n) is 8.87. The monoisotopic (exact) mass is 247 g/mol. The molecule has 0 spiro atoms. The molecule has 0 aliphatic heterocycles. The van der Waals surface area contributed by atoms with Gasteiger partial charge in [-0.1, -0.05) is 29.5 Å². The van der Waals surface area contributed by atoms with Crippen LogP contribution in [0, 0.1) is 10.1 Å². The van der Waals surface area contributed by atoms with Crippen molar-refractivity contribution in [3.05, 3.63) is 52.0 Å². The molecule has 0 aliphatic carbocycles. The molecule has 0 aliphatic rings. The molecule has 0 atom stereocenters. The lowest BCUT2D eigenvalue weighted by Crippen LogP contribution is -1.90. The molecule has 0 saturated heterocycles. The van der Waals surface area contributed by atoms with Crippen LogP contribution in [0.5, 0.6) is 0 Å². The summed E-state index contributed by atoms with van der Waals surface area (Å²) in [5.74, 6) is 0. The molecule has 6 heteroatoms. The maximum atomic E-state index is 10.9. The molecule has 17 heavy (non-hydrogen) atoms. The Morgan fingerprint density at radius 3 is 2.88 bits per heavy atom. The Kier molecular flexibility index (Phi) is 3.24. The molecule has 0 amide bonds. The minimum atomic E-state index is -0.413. The van der Waals surface area contributed by atoms with Crippen LogP contribution in [0.15, 0.2) is 36.9 Å². The average Bonchev–Trinajstić information content (AvgIpc) is 2.78. The predicted octanol–water partition coefficient (Wildman–Crippen LogP) is 2.84. The van der Waals surface area contributed by atoms with Crippen LogP contribution < -0.4 is 0 Å². The molecular formula is C11H9N3O2S. The Morgan fingerprint density at radius 1 is 1.41 bits per heavy atom. The van der Waals surface area contributed by atoms with Crippen molar-refractivity contribution in [3.63, 3.8) is 0 Å². The maximum Gasteiger partial charge on any atom is 0.279 e. The van der Waals surface area contributed by atoms with Crippen LogP contribution in [0.2, 0.25) is 0 Å². The lowest BCUT2D eigenvalue weighted by Gasteiger charge is -1.96. The summed E-state index contributed by atoms with van der Waals surface area (Å²) in [4.78, 5) is 10.5. The van der Waals surface area contributed by atoms with Crippen LogP contribution in [-0.2, 0) is 6.42 Å². The average molecular weight is 247 g/mol. The third-order valence-corrected chi connectivity index (χ3v) is 3.10. The van der Waals surface area contributed by atoms with Crippen molar-refractivity contribution in [1.82, 2.24) is 10.2 Å². The van der Waals surface area contributed by atoms with Crippen LogP contribution >= 0.6 is 11.3 Å². The van der Waals surface area contributed by atoms with Gasteiger partial charge in [-0.15, -0.1) is 16.8 Å². The van der Waals surface area contributed by atoms with Crippen molar-refractivity contribution in [3.8, 4) is 10.6 Å². The molecule has 0 fully saturated rings. The number of allylic oxidation sites excluding steroid dienone is 1. The molecule has 1 aromatic heterocycles. The molecule has 86 valence electrons. The number of aromatic nitrogens is 2. The van der Waals surface area contributed by atoms with E-state index in [1.807, 2.05) is 0 Å². The normalized spacial score (nSPS) is 10.1. The highest BCUT2D eigenvalue weighted by atomic mass is 32.1. The van der Waals surface area contributed by atoms with Crippen LogP contribution in [0.4, 0.5) is 5.69 Å². The largest absolute Gasteiger partial charge is 0.279 e. The highest BCUT2D eigenvalue weighted by Gasteiger charge is 2.17. The van der Waals surface area contributed by atoms with Crippen molar-refractivity contribution in [2.45, 2.75) is 6.42 Å². The van der Waals surface area contributed by atoms with Crippen molar-refractivity contribution >= 4 is 17.0 Å². The molecule has 0 saturated carbocycles. The molecular weight excluding hydrogens is 238 g/mol. The van der Waals surface area contributed by atoms with E-state index in [4.69, 9.17) is 0 Å². The van der Waals surface area contributed by atoms with Gasteiger partial charge in [0.25, 0.3) is 5.69 Å². The molecule has 1 aromatic carbocycles. The van der Waals surface area contributed by atoms with Gasteiger partial charge in [0.1, 0.15) is 5.01 Å². The second kappa shape index (κ2) is 4.84. The summed E-state index contributed by atoms with van der Waals surface area (Å²) in [7, 11) is 0. The third-order valence-electron chi connectivity index (χ3n) is 2.12. The first-order valence-corrected chi connectivity index (χ1v) is 5.71. The zero-order valence-corrected chi connectivity index (χ0v) is 9.68. The van der Waals surface area contributed by atoms with Gasteiger partial charge in [-0.25, -0.2) is 0 Å². The van der Waals surface area contributed by atoms with E-state index < -0.39 is 4.92 Å². The van der Waals surface area contributed by atoms with Gasteiger partial charge >= 0.3 is 0 Å². The van der Waals surface area contributed by atoms with E-state index in [2.05, 4.69) is 16.8 Å². The number of hydrogen-bond acceptors (Lipinski definition) is 5. The summed E-state index contributed by atoms with van der Waals surface area (Å²) in [5.41, 5.74) is 0.555. The van der Waals surface area contributed by atoms with Crippen LogP contribution in [0.3, 0.4) is 0 Å². The topological polar surface area (TPSA) is 68.9 Å². The Balaban J connectivity index is 2.44. The fourth-order valence-electron chi connectivity index (χ4n) is 1.38. The molecule has 0 bridgehead atoms. The Bertz CT molecular complexity index is 565. The lowest BCUT2D eigenvalue weighted by atomic mass is 10.2. The predicted molar refractivity (Wildman–Crippen MR) is 65.9 cm³/mol. The van der Waals surface area contributed by atoms with Gasteiger partial charge in [-0.3, -0.25) is 10.1 Å². The van der Waals surface area contributed by atoms with Crippen LogP contribution in [0.1, 0.15) is 5.01 Å². The van der Waals surface area contributed by atoms with E-state index in [9.17, 15) is 10.1 Å². The molecule has 0 unspecified atom stereocenters. The van der Waals surface area contributed by atoms with E-state index in [1.165, 1.54) is 17.4 Å². The number of rotatable bonds is 4. The van der Waals surface area contributed by atoms with E-state index in [0.717, 1.165) is 5.01 Å². The first kappa shape index (κ1) is 11.4. The van der Waals surface area contributed by atoms with Gasteiger partial charge < -0.3 is 0 Å². The number of benzene rings is 1. The Hall–Kier alpha value is -2.08. The van der Waals surface area contributed by atoms with Gasteiger partial charge in [0.15, 0.2) is 5.01 Å². The Morgan fingerprint density at radius 2 is 2.18 bits per heavy atom. The van der Waals surface area contributed by atoms with Gasteiger partial charge in [0.2, 0.25) is 0 Å². The quantitative estimate of drug-likeness (QED) is 0.473. The summed E-state index contributed by atoms with van der Waals surface area (Å²) < 4.78 is 0. The van der Waals surface area contributed by atoms with Crippen LogP contribution in [-0.4, -0.2) is 15.1 Å². The zero-order chi connectivity index (χ0) is 12.3. The summed E-state index contributed by atoms with van der Waals surface area (Å²) in [6, 6.07) is 6.52. The summed E-state index contributed by atoms with van der Waals surface area (Å²) in [5, 5.41) is 20.2. The molecule has 2 aromatic rings. The fraction of sp³-hybridized carbons (Fsp3) is 0.0909. The van der Waals surface area contributed by atoms with Crippen molar-refractivity contribution in [1.29, 1.82) is 0 Å². The number of hydrogen-bond donors (Lipinski definition) is 0. The molecule has 1 heterocycles. The first-order chi connectivity index (χ1) is 8.22. The molecule has 0 radical (unpaired) electrons. The second-order valence-corrected chi connectivity index (χ2v) is 4.33. The Labute approximate surface area is 102 Å². The number of nitrogens with zero attached hydrogens (tertiary/aromatic N) is 3. The van der Waals surface area contributed by atoms with E-state index in [0.29, 0.717) is 17.0 Å². The second-order valence-electron chi connectivity index (χ2n) is 3.27. The summed E-state index contributed by atoms with van der Waals surface area (Å²) in [6.45, 7) is 3.61. The number of nitro benzene ring substituents is 1. The molecule has 2 rings (SSSR count). The molecule has 0 N–H and O–H groups in total. The smallest absolute Gasteiger partial charge is 0.258 e. The first-order valence-electron chi connectivity index (χ1n) is 4.89. The van der Waals surface area contributed by atoms with Gasteiger partial charge in [-0.2, -0.15) is 0 Å². The molecule has 5 nitrogen and oxygen atoms in total. The highest BCUT2D eigenvalue weighted by molar-refractivity contribution is 7.14. The van der Waals surface area contributed by atoms with Gasteiger partial charge in [-0.05, 0) is 6.07 Å². The highest BCUT2D eigenvalue weighted by Crippen LogP contribution is 2.31. The third kappa shape index (κ3) is 2.36. The summed E-state index contributed by atoms with van der Waals surface area (Å²) >= 11 is 1.34. The van der Waals surface area contributed by atoms with Gasteiger partial charge in [0.05, 0.1) is 10.5 Å².